The molecule has 1 atom stereocenters. The van der Waals surface area contributed by atoms with Crippen LogP contribution in [0.25, 0.3) is 0 Å². The third-order valence-electron chi connectivity index (χ3n) is 1.83. The molecule has 0 heterocycles. The first-order chi connectivity index (χ1) is 4.84. The Morgan fingerprint density at radius 1 is 1.60 bits per heavy atom. The van der Waals surface area contributed by atoms with E-state index in [1.807, 2.05) is 0 Å². The molecule has 3 nitrogen and oxygen atoms in total. The molecule has 3 heteroatoms. The highest BCUT2D eigenvalue weighted by Crippen LogP contribution is 2.13. The maximum Gasteiger partial charge on any atom is 0.106 e. The van der Waals surface area contributed by atoms with Crippen LogP contribution >= 0.6 is 0 Å². The van der Waals surface area contributed by atoms with Gasteiger partial charge in [-0.2, -0.15) is 0 Å². The summed E-state index contributed by atoms with van der Waals surface area (Å²) in [7, 11) is 1.56. The van der Waals surface area contributed by atoms with Crippen molar-refractivity contribution in [3.63, 3.8) is 0 Å². The fraction of sp³-hybridized carbons (Fsp3) is 0.857. The Kier molecular flexibility index (Phi) is 2.68. The van der Waals surface area contributed by atoms with Gasteiger partial charge in [-0.25, -0.2) is 0 Å². The van der Waals surface area contributed by atoms with Gasteiger partial charge >= 0.3 is 0 Å². The van der Waals surface area contributed by atoms with Gasteiger partial charge in [0.25, 0.3) is 0 Å². The van der Waals surface area contributed by atoms with Crippen LogP contribution in [0.1, 0.15) is 25.7 Å². The number of nitrogens with two attached hydrogens (primary N) is 1. The number of hydrogen-bond donors (Lipinski definition) is 1. The van der Waals surface area contributed by atoms with Gasteiger partial charge in [-0.3, -0.25) is 0 Å². The lowest BCUT2D eigenvalue weighted by atomic mass is 9.94. The molecule has 0 aromatic rings. The first-order valence-corrected chi connectivity index (χ1v) is 3.70. The van der Waals surface area contributed by atoms with Gasteiger partial charge in [0.1, 0.15) is 7.11 Å². The summed E-state index contributed by atoms with van der Waals surface area (Å²) in [4.78, 5) is 4.66. The molecule has 1 fully saturated rings. The molecule has 1 aliphatic carbocycles. The van der Waals surface area contributed by atoms with Gasteiger partial charge in [-0.15, -0.1) is 0 Å². The SMILES string of the molecule is CO/N=C1\CCCCC1N. The average Bonchev–Trinajstić information content (AvgIpc) is 1.94. The molecule has 0 saturated heterocycles. The zero-order valence-corrected chi connectivity index (χ0v) is 6.34. The van der Waals surface area contributed by atoms with Crippen LogP contribution in [0.4, 0.5) is 0 Å². The van der Waals surface area contributed by atoms with E-state index < -0.39 is 0 Å². The van der Waals surface area contributed by atoms with Crippen LogP contribution in [0.15, 0.2) is 5.16 Å². The first kappa shape index (κ1) is 7.54. The van der Waals surface area contributed by atoms with Gasteiger partial charge in [0.05, 0.1) is 5.71 Å². The summed E-state index contributed by atoms with van der Waals surface area (Å²) in [5.74, 6) is 0. The highest BCUT2D eigenvalue weighted by atomic mass is 16.6. The van der Waals surface area contributed by atoms with E-state index in [-0.39, 0.29) is 6.04 Å². The third-order valence-corrected chi connectivity index (χ3v) is 1.83. The standard InChI is InChI=1S/C7H14N2O/c1-10-9-7-5-3-2-4-6(7)8/h6H,2-5,8H2,1H3/b9-7+. The molecule has 2 N–H and O–H groups in total. The average molecular weight is 142 g/mol. The number of nitrogens with zero attached hydrogens (tertiary/aromatic N) is 1. The monoisotopic (exact) mass is 142 g/mol. The second-order valence-corrected chi connectivity index (χ2v) is 2.62. The fourth-order valence-corrected chi connectivity index (χ4v) is 1.25. The summed E-state index contributed by atoms with van der Waals surface area (Å²) < 4.78 is 0. The van der Waals surface area contributed by atoms with Gasteiger partial charge in [-0.1, -0.05) is 11.6 Å². The molecule has 0 aromatic carbocycles. The minimum atomic E-state index is 0.147. The summed E-state index contributed by atoms with van der Waals surface area (Å²) in [6, 6.07) is 0.147. The van der Waals surface area contributed by atoms with Crippen LogP contribution in [-0.4, -0.2) is 18.9 Å². The van der Waals surface area contributed by atoms with Crippen molar-refractivity contribution in [3.05, 3.63) is 0 Å². The summed E-state index contributed by atoms with van der Waals surface area (Å²) in [6.07, 6.45) is 4.50. The van der Waals surface area contributed by atoms with E-state index in [4.69, 9.17) is 5.73 Å². The van der Waals surface area contributed by atoms with E-state index in [2.05, 4.69) is 9.99 Å². The van der Waals surface area contributed by atoms with Crippen LogP contribution in [0, 0.1) is 0 Å². The van der Waals surface area contributed by atoms with Crippen molar-refractivity contribution >= 4 is 5.71 Å². The smallest absolute Gasteiger partial charge is 0.106 e. The maximum absolute atomic E-state index is 5.75. The molecule has 1 aliphatic rings. The van der Waals surface area contributed by atoms with Crippen molar-refractivity contribution < 1.29 is 4.84 Å². The van der Waals surface area contributed by atoms with Gasteiger partial charge < -0.3 is 10.6 Å². The third kappa shape index (κ3) is 1.70. The highest BCUT2D eigenvalue weighted by Gasteiger charge is 2.16. The van der Waals surface area contributed by atoms with Crippen molar-refractivity contribution in [3.8, 4) is 0 Å². The Labute approximate surface area is 61.2 Å². The van der Waals surface area contributed by atoms with E-state index in [0.717, 1.165) is 18.6 Å². The second kappa shape index (κ2) is 3.56. The number of rotatable bonds is 1. The normalized spacial score (nSPS) is 30.6. The first-order valence-electron chi connectivity index (χ1n) is 3.70. The van der Waals surface area contributed by atoms with Crippen molar-refractivity contribution in [2.75, 3.05) is 7.11 Å². The van der Waals surface area contributed by atoms with E-state index >= 15 is 0 Å². The summed E-state index contributed by atoms with van der Waals surface area (Å²) in [6.45, 7) is 0. The van der Waals surface area contributed by atoms with Crippen LogP contribution in [-0.2, 0) is 4.84 Å². The summed E-state index contributed by atoms with van der Waals surface area (Å²) in [5, 5.41) is 3.86. The van der Waals surface area contributed by atoms with Crippen LogP contribution in [0.2, 0.25) is 0 Å². The Hall–Kier alpha value is -0.570. The van der Waals surface area contributed by atoms with Crippen molar-refractivity contribution in [2.45, 2.75) is 31.7 Å². The van der Waals surface area contributed by atoms with Crippen LogP contribution in [0.3, 0.4) is 0 Å². The molecule has 1 rings (SSSR count). The lowest BCUT2D eigenvalue weighted by Gasteiger charge is -2.18. The molecule has 10 heavy (non-hydrogen) atoms. The summed E-state index contributed by atoms with van der Waals surface area (Å²) in [5.41, 5.74) is 6.78. The molecule has 0 spiro atoms. The van der Waals surface area contributed by atoms with Gasteiger partial charge in [0, 0.05) is 6.04 Å². The molecule has 0 amide bonds. The van der Waals surface area contributed by atoms with E-state index in [1.54, 1.807) is 7.11 Å². The van der Waals surface area contributed by atoms with Crippen LogP contribution < -0.4 is 5.73 Å². The molecule has 1 unspecified atom stereocenters. The number of oxime groups is 1. The zero-order chi connectivity index (χ0) is 7.40. The zero-order valence-electron chi connectivity index (χ0n) is 6.34. The number of hydrogen-bond acceptors (Lipinski definition) is 3. The maximum atomic E-state index is 5.75. The van der Waals surface area contributed by atoms with Gasteiger partial charge in [0.2, 0.25) is 0 Å². The molecular formula is C7H14N2O. The molecule has 0 aliphatic heterocycles. The largest absolute Gasteiger partial charge is 0.399 e. The Morgan fingerprint density at radius 2 is 2.40 bits per heavy atom. The minimum absolute atomic E-state index is 0.147. The van der Waals surface area contributed by atoms with Crippen molar-refractivity contribution in [1.82, 2.24) is 0 Å². The summed E-state index contributed by atoms with van der Waals surface area (Å²) >= 11 is 0. The highest BCUT2D eigenvalue weighted by molar-refractivity contribution is 5.89. The lowest BCUT2D eigenvalue weighted by Crippen LogP contribution is -2.33. The topological polar surface area (TPSA) is 47.6 Å². The predicted octanol–water partition coefficient (Wildman–Crippen LogP) is 0.890. The van der Waals surface area contributed by atoms with Gasteiger partial charge in [0.15, 0.2) is 0 Å². The Balaban J connectivity index is 2.47. The quantitative estimate of drug-likeness (QED) is 0.553. The molecule has 58 valence electrons. The van der Waals surface area contributed by atoms with Crippen LogP contribution in [0.5, 0.6) is 0 Å². The minimum Gasteiger partial charge on any atom is -0.399 e. The van der Waals surface area contributed by atoms with E-state index in [0.29, 0.717) is 0 Å². The predicted molar refractivity (Wildman–Crippen MR) is 40.9 cm³/mol. The van der Waals surface area contributed by atoms with Crippen molar-refractivity contribution in [1.29, 1.82) is 0 Å². The second-order valence-electron chi connectivity index (χ2n) is 2.62. The van der Waals surface area contributed by atoms with E-state index in [9.17, 15) is 0 Å². The van der Waals surface area contributed by atoms with E-state index in [1.165, 1.54) is 12.8 Å². The fourth-order valence-electron chi connectivity index (χ4n) is 1.25. The lowest BCUT2D eigenvalue weighted by molar-refractivity contribution is 0.210. The Morgan fingerprint density at radius 3 is 3.00 bits per heavy atom. The molecular weight excluding hydrogens is 128 g/mol. The van der Waals surface area contributed by atoms with Crippen molar-refractivity contribution in [2.24, 2.45) is 10.9 Å². The molecule has 1 saturated carbocycles. The molecule has 0 radical (unpaired) electrons. The molecule has 0 aromatic heterocycles. The Bertz CT molecular complexity index is 134. The molecule has 0 bridgehead atoms. The van der Waals surface area contributed by atoms with Gasteiger partial charge in [-0.05, 0) is 19.3 Å².